The molecule has 0 radical (unpaired) electrons. The number of nitrogens with zero attached hydrogens (tertiary/aromatic N) is 1. The number of hydrogen-bond donors (Lipinski definition) is 3. The van der Waals surface area contributed by atoms with Gasteiger partial charge in [0.1, 0.15) is 11.5 Å². The fourth-order valence-corrected chi connectivity index (χ4v) is 4.67. The highest BCUT2D eigenvalue weighted by Gasteiger charge is 2.35. The van der Waals surface area contributed by atoms with E-state index in [4.69, 9.17) is 0 Å². The number of ketones is 2. The summed E-state index contributed by atoms with van der Waals surface area (Å²) in [6.07, 6.45) is 5.56. The van der Waals surface area contributed by atoms with E-state index in [-0.39, 0.29) is 33.6 Å². The van der Waals surface area contributed by atoms with E-state index < -0.39 is 23.2 Å². The summed E-state index contributed by atoms with van der Waals surface area (Å²) in [6, 6.07) is 19.3. The molecule has 7 heteroatoms. The topological polar surface area (TPSA) is 108 Å². The maximum Gasteiger partial charge on any atom is 0.251 e. The molecule has 3 aromatic carbocycles. The van der Waals surface area contributed by atoms with Crippen molar-refractivity contribution in [1.82, 2.24) is 5.32 Å². The van der Waals surface area contributed by atoms with Gasteiger partial charge in [-0.2, -0.15) is 0 Å². The van der Waals surface area contributed by atoms with E-state index in [0.717, 1.165) is 18.5 Å². The second kappa shape index (κ2) is 10.3. The minimum absolute atomic E-state index is 0.0440. The van der Waals surface area contributed by atoms with Crippen LogP contribution in [-0.4, -0.2) is 34.2 Å². The van der Waals surface area contributed by atoms with Crippen LogP contribution < -0.4 is 9.88 Å². The maximum absolute atomic E-state index is 13.0. The number of fused-ring (bicyclic) bond motifs is 2. The molecule has 7 nitrogen and oxygen atoms in total. The second-order valence-corrected chi connectivity index (χ2v) is 9.50. The van der Waals surface area contributed by atoms with Crippen LogP contribution in [0.5, 0.6) is 11.5 Å². The first kappa shape index (κ1) is 24.9. The number of nitrogens with one attached hydrogen (secondary N) is 1. The van der Waals surface area contributed by atoms with Gasteiger partial charge in [-0.15, -0.1) is 0 Å². The summed E-state index contributed by atoms with van der Waals surface area (Å²) in [5.41, 5.74) is 3.35. The highest BCUT2D eigenvalue weighted by molar-refractivity contribution is 6.30. The van der Waals surface area contributed by atoms with Crippen molar-refractivity contribution in [3.05, 3.63) is 124 Å². The Morgan fingerprint density at radius 3 is 2.26 bits per heavy atom. The summed E-state index contributed by atoms with van der Waals surface area (Å²) in [5, 5.41) is 23.4. The first-order chi connectivity index (χ1) is 18.3. The molecule has 0 spiro atoms. The van der Waals surface area contributed by atoms with E-state index in [1.54, 1.807) is 0 Å². The van der Waals surface area contributed by atoms with Crippen LogP contribution in [-0.2, 0) is 13.0 Å². The number of phenolic OH excluding ortho intramolecular Hbond substituents is 2. The molecule has 0 fully saturated rings. The molecule has 1 aromatic heterocycles. The number of carbonyl (C=O) groups is 3. The number of benzene rings is 3. The lowest BCUT2D eigenvalue weighted by Gasteiger charge is -2.20. The van der Waals surface area contributed by atoms with Gasteiger partial charge in [0, 0.05) is 40.9 Å². The third-order valence-electron chi connectivity index (χ3n) is 6.74. The zero-order valence-electron chi connectivity index (χ0n) is 20.9. The van der Waals surface area contributed by atoms with E-state index in [9.17, 15) is 24.6 Å². The van der Waals surface area contributed by atoms with Crippen LogP contribution in [0.2, 0.25) is 0 Å². The summed E-state index contributed by atoms with van der Waals surface area (Å²) < 4.78 is 2.12. The van der Waals surface area contributed by atoms with Crippen LogP contribution in [0.25, 0.3) is 0 Å². The lowest BCUT2D eigenvalue weighted by Crippen LogP contribution is -2.33. The smallest absolute Gasteiger partial charge is 0.251 e. The van der Waals surface area contributed by atoms with Crippen molar-refractivity contribution >= 4 is 17.5 Å². The van der Waals surface area contributed by atoms with E-state index in [1.165, 1.54) is 41.5 Å². The van der Waals surface area contributed by atoms with E-state index in [0.29, 0.717) is 13.0 Å². The van der Waals surface area contributed by atoms with Crippen LogP contribution in [0, 0.1) is 6.92 Å². The molecule has 3 N–H and O–H groups in total. The Morgan fingerprint density at radius 1 is 0.816 bits per heavy atom. The maximum atomic E-state index is 13.0. The van der Waals surface area contributed by atoms with Crippen molar-refractivity contribution in [3.63, 3.8) is 0 Å². The third-order valence-corrected chi connectivity index (χ3v) is 6.74. The summed E-state index contributed by atoms with van der Waals surface area (Å²) >= 11 is 0. The standard InChI is InChI=1S/C31H26N2O5/c1-19-7-9-21(10-8-19)18-33-14-11-20(12-15-33)4-3-13-32-31(38)22-16-24-28(26(35)17-22)30(37)27-23(29(24)36)5-2-6-25(27)34/h2,5-12,14-17H,3-4,13,18H2,1H3,(H2-,32,34,35,37,38)/p+1. The SMILES string of the molecule is Cc1ccc(C[n+]2ccc(CCCNC(=O)c3cc(O)c4c(c3)C(=O)c3cccc(O)c3C4=O)cc2)cc1. The summed E-state index contributed by atoms with van der Waals surface area (Å²) in [4.78, 5) is 38.6. The molecule has 0 saturated carbocycles. The molecule has 1 aliphatic carbocycles. The van der Waals surface area contributed by atoms with Crippen molar-refractivity contribution in [2.75, 3.05) is 6.54 Å². The van der Waals surface area contributed by atoms with Gasteiger partial charge in [-0.05, 0) is 43.5 Å². The minimum Gasteiger partial charge on any atom is -0.507 e. The Bertz CT molecular complexity index is 1560. The fourth-order valence-electron chi connectivity index (χ4n) is 4.67. The van der Waals surface area contributed by atoms with Gasteiger partial charge in [0.2, 0.25) is 5.78 Å². The zero-order chi connectivity index (χ0) is 26.8. The van der Waals surface area contributed by atoms with Gasteiger partial charge in [-0.3, -0.25) is 14.4 Å². The predicted octanol–water partition coefficient (Wildman–Crippen LogP) is 3.88. The molecule has 5 rings (SSSR count). The number of aromatic nitrogens is 1. The van der Waals surface area contributed by atoms with Gasteiger partial charge in [0.05, 0.1) is 11.1 Å². The second-order valence-electron chi connectivity index (χ2n) is 9.50. The Labute approximate surface area is 220 Å². The van der Waals surface area contributed by atoms with Crippen molar-refractivity contribution in [2.24, 2.45) is 0 Å². The molecule has 0 bridgehead atoms. The molecule has 0 unspecified atom stereocenters. The average molecular weight is 508 g/mol. The molecule has 0 saturated heterocycles. The monoisotopic (exact) mass is 507 g/mol. The molecular formula is C31H27N2O5+. The van der Waals surface area contributed by atoms with Gasteiger partial charge in [-0.25, -0.2) is 4.57 Å². The lowest BCUT2D eigenvalue weighted by molar-refractivity contribution is -0.688. The number of carbonyl (C=O) groups excluding carboxylic acids is 3. The molecule has 38 heavy (non-hydrogen) atoms. The van der Waals surface area contributed by atoms with Crippen molar-refractivity contribution in [3.8, 4) is 11.5 Å². The first-order valence-electron chi connectivity index (χ1n) is 12.4. The van der Waals surface area contributed by atoms with Crippen molar-refractivity contribution in [2.45, 2.75) is 26.3 Å². The zero-order valence-corrected chi connectivity index (χ0v) is 20.9. The van der Waals surface area contributed by atoms with Crippen LogP contribution in [0.3, 0.4) is 0 Å². The van der Waals surface area contributed by atoms with Crippen LogP contribution in [0.4, 0.5) is 0 Å². The summed E-state index contributed by atoms with van der Waals surface area (Å²) in [7, 11) is 0. The molecule has 0 aliphatic heterocycles. The first-order valence-corrected chi connectivity index (χ1v) is 12.4. The lowest BCUT2D eigenvalue weighted by atomic mass is 9.82. The van der Waals surface area contributed by atoms with Crippen LogP contribution in [0.1, 0.15) is 65.3 Å². The molecule has 1 heterocycles. The molecule has 0 atom stereocenters. The number of hydrogen-bond acceptors (Lipinski definition) is 5. The Kier molecular flexibility index (Phi) is 6.75. The van der Waals surface area contributed by atoms with Gasteiger partial charge in [0.15, 0.2) is 24.7 Å². The van der Waals surface area contributed by atoms with E-state index >= 15 is 0 Å². The molecule has 190 valence electrons. The summed E-state index contributed by atoms with van der Waals surface area (Å²) in [5.74, 6) is -2.43. The van der Waals surface area contributed by atoms with Crippen molar-refractivity contribution in [1.29, 1.82) is 0 Å². The number of rotatable bonds is 7. The third kappa shape index (κ3) is 4.91. The number of aryl methyl sites for hydroxylation is 2. The minimum atomic E-state index is -0.653. The van der Waals surface area contributed by atoms with Gasteiger partial charge in [-0.1, -0.05) is 42.0 Å². The van der Waals surface area contributed by atoms with Crippen molar-refractivity contribution < 1.29 is 29.2 Å². The quantitative estimate of drug-likeness (QED) is 0.229. The Balaban J connectivity index is 1.19. The van der Waals surface area contributed by atoms with Crippen LogP contribution in [0.15, 0.2) is 79.1 Å². The summed E-state index contributed by atoms with van der Waals surface area (Å²) in [6.45, 7) is 3.27. The molecule has 1 aliphatic rings. The Morgan fingerprint density at radius 2 is 1.53 bits per heavy atom. The number of pyridine rings is 1. The predicted molar refractivity (Wildman–Crippen MR) is 141 cm³/mol. The highest BCUT2D eigenvalue weighted by Crippen LogP contribution is 2.37. The molecule has 1 amide bonds. The largest absolute Gasteiger partial charge is 0.507 e. The van der Waals surface area contributed by atoms with Crippen LogP contribution >= 0.6 is 0 Å². The van der Waals surface area contributed by atoms with Gasteiger partial charge >= 0.3 is 0 Å². The molecule has 4 aromatic rings. The normalized spacial score (nSPS) is 12.1. The molecular weight excluding hydrogens is 480 g/mol. The van der Waals surface area contributed by atoms with E-state index in [2.05, 4.69) is 53.2 Å². The average Bonchev–Trinajstić information content (AvgIpc) is 2.91. The highest BCUT2D eigenvalue weighted by atomic mass is 16.3. The number of phenols is 2. The van der Waals surface area contributed by atoms with E-state index in [1.807, 2.05) is 12.4 Å². The van der Waals surface area contributed by atoms with Gasteiger partial charge in [0.25, 0.3) is 5.91 Å². The Hall–Kier alpha value is -4.78. The van der Waals surface area contributed by atoms with Gasteiger partial charge < -0.3 is 15.5 Å². The fraction of sp³-hybridized carbons (Fsp3) is 0.161. The number of amides is 1. The number of aromatic hydroxyl groups is 2.